The highest BCUT2D eigenvalue weighted by Gasteiger charge is 2.24. The van der Waals surface area contributed by atoms with E-state index in [9.17, 15) is 4.79 Å². The van der Waals surface area contributed by atoms with E-state index in [2.05, 4.69) is 40.0 Å². The first-order chi connectivity index (χ1) is 12.7. The van der Waals surface area contributed by atoms with Gasteiger partial charge in [0.05, 0.1) is 11.0 Å². The quantitative estimate of drug-likeness (QED) is 0.768. The summed E-state index contributed by atoms with van der Waals surface area (Å²) in [5.74, 6) is 1.64. The maximum atomic E-state index is 12.4. The average Bonchev–Trinajstić information content (AvgIpc) is 2.98. The third-order valence-corrected chi connectivity index (χ3v) is 5.21. The fraction of sp³-hybridized carbons (Fsp3) is 0.333. The molecule has 5 heteroatoms. The van der Waals surface area contributed by atoms with Crippen LogP contribution >= 0.6 is 0 Å². The predicted octanol–water partition coefficient (Wildman–Crippen LogP) is 4.29. The molecule has 4 rings (SSSR count). The molecule has 2 aromatic carbocycles. The number of para-hydroxylation sites is 3. The minimum Gasteiger partial charge on any atom is -0.328 e. The molecular weight excluding hydrogens is 324 g/mol. The second-order valence-electron chi connectivity index (χ2n) is 6.98. The van der Waals surface area contributed by atoms with E-state index in [1.54, 1.807) is 0 Å². The zero-order valence-corrected chi connectivity index (χ0v) is 15.1. The number of likely N-dealkylation sites (tertiary alicyclic amines) is 1. The number of aromatic nitrogens is 2. The molecule has 5 nitrogen and oxygen atoms in total. The van der Waals surface area contributed by atoms with E-state index in [4.69, 9.17) is 0 Å². The summed E-state index contributed by atoms with van der Waals surface area (Å²) in [6.07, 6.45) is 2.04. The van der Waals surface area contributed by atoms with E-state index < -0.39 is 0 Å². The molecule has 1 aliphatic rings. The predicted molar refractivity (Wildman–Crippen MR) is 104 cm³/mol. The van der Waals surface area contributed by atoms with Gasteiger partial charge in [0.25, 0.3) is 0 Å². The van der Waals surface area contributed by atoms with Crippen molar-refractivity contribution in [1.29, 1.82) is 0 Å². The Labute approximate surface area is 153 Å². The maximum Gasteiger partial charge on any atom is 0.321 e. The number of imidazole rings is 1. The van der Waals surface area contributed by atoms with Crippen LogP contribution < -0.4 is 5.32 Å². The smallest absolute Gasteiger partial charge is 0.321 e. The Balaban J connectivity index is 1.36. The first-order valence-corrected chi connectivity index (χ1v) is 9.23. The van der Waals surface area contributed by atoms with E-state index in [-0.39, 0.29) is 6.03 Å². The number of hydrogen-bond donors (Lipinski definition) is 1. The Morgan fingerprint density at radius 3 is 2.54 bits per heavy atom. The number of amides is 2. The number of aryl methyl sites for hydroxylation is 1. The summed E-state index contributed by atoms with van der Waals surface area (Å²) in [7, 11) is 0. The number of hydrogen-bond acceptors (Lipinski definition) is 2. The second kappa shape index (κ2) is 7.20. The van der Waals surface area contributed by atoms with Crippen LogP contribution in [0.2, 0.25) is 0 Å². The number of piperidine rings is 1. The number of carbonyl (C=O) groups is 1. The van der Waals surface area contributed by atoms with E-state index in [0.717, 1.165) is 49.5 Å². The molecule has 0 atom stereocenters. The largest absolute Gasteiger partial charge is 0.328 e. The van der Waals surface area contributed by atoms with E-state index in [1.807, 2.05) is 41.3 Å². The van der Waals surface area contributed by atoms with Gasteiger partial charge in [-0.2, -0.15) is 0 Å². The summed E-state index contributed by atoms with van der Waals surface area (Å²) in [6, 6.07) is 17.9. The zero-order valence-electron chi connectivity index (χ0n) is 15.1. The molecule has 0 saturated carbocycles. The highest BCUT2D eigenvalue weighted by atomic mass is 16.2. The molecule has 1 fully saturated rings. The molecule has 2 heterocycles. The Kier molecular flexibility index (Phi) is 4.61. The minimum atomic E-state index is -0.00101. The molecule has 2 amide bonds. The molecule has 1 aromatic heterocycles. The van der Waals surface area contributed by atoms with Gasteiger partial charge in [-0.25, -0.2) is 9.78 Å². The lowest BCUT2D eigenvalue weighted by Gasteiger charge is -2.32. The number of carbonyl (C=O) groups excluding carboxylic acids is 1. The molecular formula is C21H24N4O. The van der Waals surface area contributed by atoms with Crippen LogP contribution in [0.5, 0.6) is 0 Å². The van der Waals surface area contributed by atoms with Crippen LogP contribution in [0.3, 0.4) is 0 Å². The van der Waals surface area contributed by atoms with E-state index in [0.29, 0.717) is 5.92 Å². The third-order valence-electron chi connectivity index (χ3n) is 5.21. The summed E-state index contributed by atoms with van der Waals surface area (Å²) in [6.45, 7) is 4.65. The van der Waals surface area contributed by atoms with Gasteiger partial charge in [-0.1, -0.05) is 30.3 Å². The van der Waals surface area contributed by atoms with Crippen LogP contribution in [0, 0.1) is 12.8 Å². The Bertz CT molecular complexity index is 895. The standard InChI is InChI=1S/C21H24N4O/c1-16-22-19-9-5-6-10-20(19)25(16)15-17-11-13-24(14-12-17)21(26)23-18-7-3-2-4-8-18/h2-10,17H,11-15H2,1H3,(H,23,26). The first kappa shape index (κ1) is 16.6. The maximum absolute atomic E-state index is 12.4. The van der Waals surface area contributed by atoms with Crippen molar-refractivity contribution in [2.45, 2.75) is 26.3 Å². The SMILES string of the molecule is Cc1nc2ccccc2n1CC1CCN(C(=O)Nc2ccccc2)CC1. The van der Waals surface area contributed by atoms with Gasteiger partial charge < -0.3 is 14.8 Å². The molecule has 1 N–H and O–H groups in total. The van der Waals surface area contributed by atoms with Crippen LogP contribution in [0.15, 0.2) is 54.6 Å². The van der Waals surface area contributed by atoms with E-state index >= 15 is 0 Å². The average molecular weight is 348 g/mol. The summed E-state index contributed by atoms with van der Waals surface area (Å²) in [4.78, 5) is 19.0. The highest BCUT2D eigenvalue weighted by Crippen LogP contribution is 2.23. The topological polar surface area (TPSA) is 50.2 Å². The minimum absolute atomic E-state index is 0.00101. The number of nitrogens with zero attached hydrogens (tertiary/aromatic N) is 3. The summed E-state index contributed by atoms with van der Waals surface area (Å²) < 4.78 is 2.32. The third kappa shape index (κ3) is 3.43. The van der Waals surface area contributed by atoms with Crippen molar-refractivity contribution in [1.82, 2.24) is 14.5 Å². The Morgan fingerprint density at radius 1 is 1.08 bits per heavy atom. The van der Waals surface area contributed by atoms with Gasteiger partial charge >= 0.3 is 6.03 Å². The van der Waals surface area contributed by atoms with Crippen molar-refractivity contribution in [3.05, 3.63) is 60.4 Å². The second-order valence-corrected chi connectivity index (χ2v) is 6.98. The van der Waals surface area contributed by atoms with Gasteiger partial charge in [0, 0.05) is 25.3 Å². The van der Waals surface area contributed by atoms with Gasteiger partial charge in [0.2, 0.25) is 0 Å². The normalized spacial score (nSPS) is 15.3. The molecule has 134 valence electrons. The zero-order chi connectivity index (χ0) is 17.9. The molecule has 3 aromatic rings. The van der Waals surface area contributed by atoms with Gasteiger partial charge in [0.15, 0.2) is 0 Å². The molecule has 0 aliphatic carbocycles. The van der Waals surface area contributed by atoms with Gasteiger partial charge in [-0.05, 0) is 49.9 Å². The van der Waals surface area contributed by atoms with Gasteiger partial charge in [-0.3, -0.25) is 0 Å². The molecule has 1 saturated heterocycles. The Hall–Kier alpha value is -2.82. The van der Waals surface area contributed by atoms with E-state index in [1.165, 1.54) is 5.52 Å². The van der Waals surface area contributed by atoms with Crippen LogP contribution in [0.4, 0.5) is 10.5 Å². The molecule has 1 aliphatic heterocycles. The molecule has 26 heavy (non-hydrogen) atoms. The number of fused-ring (bicyclic) bond motifs is 1. The summed E-state index contributed by atoms with van der Waals surface area (Å²) >= 11 is 0. The molecule has 0 unspecified atom stereocenters. The van der Waals surface area contributed by atoms with Crippen molar-refractivity contribution in [2.24, 2.45) is 5.92 Å². The number of anilines is 1. The van der Waals surface area contributed by atoms with Crippen LogP contribution in [-0.2, 0) is 6.54 Å². The number of benzene rings is 2. The summed E-state index contributed by atoms with van der Waals surface area (Å²) in [5, 5.41) is 2.98. The Morgan fingerprint density at radius 2 is 1.77 bits per heavy atom. The van der Waals surface area contributed by atoms with Gasteiger partial charge in [-0.15, -0.1) is 0 Å². The fourth-order valence-electron chi connectivity index (χ4n) is 3.73. The highest BCUT2D eigenvalue weighted by molar-refractivity contribution is 5.89. The lowest BCUT2D eigenvalue weighted by Crippen LogP contribution is -2.41. The summed E-state index contributed by atoms with van der Waals surface area (Å²) in [5.41, 5.74) is 3.11. The van der Waals surface area contributed by atoms with Crippen molar-refractivity contribution in [2.75, 3.05) is 18.4 Å². The van der Waals surface area contributed by atoms with Crippen molar-refractivity contribution in [3.63, 3.8) is 0 Å². The van der Waals surface area contributed by atoms with Gasteiger partial charge in [0.1, 0.15) is 5.82 Å². The number of nitrogens with one attached hydrogen (secondary N) is 1. The van der Waals surface area contributed by atoms with Crippen LogP contribution in [-0.4, -0.2) is 33.6 Å². The lowest BCUT2D eigenvalue weighted by atomic mass is 9.97. The molecule has 0 bridgehead atoms. The first-order valence-electron chi connectivity index (χ1n) is 9.23. The van der Waals surface area contributed by atoms with Crippen molar-refractivity contribution < 1.29 is 4.79 Å². The number of rotatable bonds is 3. The molecule has 0 spiro atoms. The van der Waals surface area contributed by atoms with Crippen molar-refractivity contribution in [3.8, 4) is 0 Å². The monoisotopic (exact) mass is 348 g/mol. The fourth-order valence-corrected chi connectivity index (χ4v) is 3.73. The molecule has 0 radical (unpaired) electrons. The van der Waals surface area contributed by atoms with Crippen LogP contribution in [0.1, 0.15) is 18.7 Å². The van der Waals surface area contributed by atoms with Crippen molar-refractivity contribution >= 4 is 22.8 Å². The van der Waals surface area contributed by atoms with Crippen LogP contribution in [0.25, 0.3) is 11.0 Å². The number of urea groups is 1. The lowest BCUT2D eigenvalue weighted by molar-refractivity contribution is 0.177.